The lowest BCUT2D eigenvalue weighted by Gasteiger charge is -2.18. The van der Waals surface area contributed by atoms with Gasteiger partial charge in [0.05, 0.1) is 12.6 Å². The number of hydrogen-bond acceptors (Lipinski definition) is 3. The van der Waals surface area contributed by atoms with Crippen molar-refractivity contribution in [1.29, 1.82) is 0 Å². The van der Waals surface area contributed by atoms with E-state index in [-0.39, 0.29) is 34.9 Å². The number of rotatable bonds is 6. The van der Waals surface area contributed by atoms with Crippen LogP contribution in [0.3, 0.4) is 0 Å². The standard InChI is InChI=1S/C14H18F3NO2S/c1-9(2)7-11(8-19)18-13(20)10-3-5-12(6-4-10)21-14(15,16)17/h3-6,9,11,19H,7-8H2,1-2H3,(H,18,20). The molecule has 7 heteroatoms. The minimum absolute atomic E-state index is 0.0277. The van der Waals surface area contributed by atoms with Crippen molar-refractivity contribution in [3.8, 4) is 0 Å². The van der Waals surface area contributed by atoms with Crippen LogP contribution < -0.4 is 5.32 Å². The van der Waals surface area contributed by atoms with Crippen LogP contribution in [0.15, 0.2) is 29.2 Å². The molecule has 0 heterocycles. The Hall–Kier alpha value is -1.21. The average Bonchev–Trinajstić information content (AvgIpc) is 2.36. The second-order valence-electron chi connectivity index (χ2n) is 5.05. The van der Waals surface area contributed by atoms with Gasteiger partial charge in [-0.15, -0.1) is 0 Å². The van der Waals surface area contributed by atoms with Crippen LogP contribution >= 0.6 is 11.8 Å². The Balaban J connectivity index is 2.66. The zero-order valence-electron chi connectivity index (χ0n) is 11.8. The van der Waals surface area contributed by atoms with Crippen molar-refractivity contribution in [3.63, 3.8) is 0 Å². The van der Waals surface area contributed by atoms with E-state index in [1.165, 1.54) is 24.3 Å². The molecule has 2 N–H and O–H groups in total. The fourth-order valence-corrected chi connectivity index (χ4v) is 2.36. The third-order valence-corrected chi connectivity index (χ3v) is 3.40. The smallest absolute Gasteiger partial charge is 0.394 e. The van der Waals surface area contributed by atoms with E-state index < -0.39 is 11.4 Å². The number of carbonyl (C=O) groups excluding carboxylic acids is 1. The number of amides is 1. The Kier molecular flexibility index (Phi) is 6.54. The molecule has 3 nitrogen and oxygen atoms in total. The minimum Gasteiger partial charge on any atom is -0.394 e. The van der Waals surface area contributed by atoms with E-state index in [1.807, 2.05) is 13.8 Å². The number of halogens is 3. The number of hydrogen-bond donors (Lipinski definition) is 2. The van der Waals surface area contributed by atoms with Gasteiger partial charge in [0.1, 0.15) is 0 Å². The summed E-state index contributed by atoms with van der Waals surface area (Å²) in [5.74, 6) is -0.0914. The Labute approximate surface area is 125 Å². The molecule has 1 aromatic carbocycles. The van der Waals surface area contributed by atoms with Gasteiger partial charge >= 0.3 is 5.51 Å². The van der Waals surface area contributed by atoms with Crippen molar-refractivity contribution in [3.05, 3.63) is 29.8 Å². The van der Waals surface area contributed by atoms with E-state index in [1.54, 1.807) is 0 Å². The minimum atomic E-state index is -4.34. The zero-order chi connectivity index (χ0) is 16.0. The van der Waals surface area contributed by atoms with Crippen LogP contribution in [0.2, 0.25) is 0 Å². The van der Waals surface area contributed by atoms with Gasteiger partial charge in [0.15, 0.2) is 0 Å². The van der Waals surface area contributed by atoms with Gasteiger partial charge in [-0.05, 0) is 48.4 Å². The molecule has 0 aromatic heterocycles. The van der Waals surface area contributed by atoms with E-state index in [9.17, 15) is 23.1 Å². The molecule has 1 rings (SSSR count). The summed E-state index contributed by atoms with van der Waals surface area (Å²) in [6, 6.07) is 4.83. The van der Waals surface area contributed by atoms with Gasteiger partial charge in [0.25, 0.3) is 5.91 Å². The molecule has 0 spiro atoms. The number of benzene rings is 1. The molecule has 0 saturated heterocycles. The summed E-state index contributed by atoms with van der Waals surface area (Å²) in [5, 5.41) is 11.9. The molecule has 1 unspecified atom stereocenters. The van der Waals surface area contributed by atoms with Crippen molar-refractivity contribution < 1.29 is 23.1 Å². The van der Waals surface area contributed by atoms with Crippen LogP contribution in [-0.4, -0.2) is 29.2 Å². The third kappa shape index (κ3) is 6.86. The van der Waals surface area contributed by atoms with Crippen LogP contribution in [0.1, 0.15) is 30.6 Å². The predicted molar refractivity (Wildman–Crippen MR) is 76.1 cm³/mol. The molecule has 1 amide bonds. The molecular weight excluding hydrogens is 303 g/mol. The van der Waals surface area contributed by atoms with Crippen LogP contribution in [0.25, 0.3) is 0 Å². The maximum absolute atomic E-state index is 12.2. The summed E-state index contributed by atoms with van der Waals surface area (Å²) < 4.78 is 36.6. The lowest BCUT2D eigenvalue weighted by Crippen LogP contribution is -2.38. The largest absolute Gasteiger partial charge is 0.446 e. The number of nitrogens with one attached hydrogen (secondary N) is 1. The fourth-order valence-electron chi connectivity index (χ4n) is 1.82. The average molecular weight is 321 g/mol. The maximum Gasteiger partial charge on any atom is 0.446 e. The zero-order valence-corrected chi connectivity index (χ0v) is 12.6. The molecule has 0 bridgehead atoms. The maximum atomic E-state index is 12.2. The number of aliphatic hydroxyl groups excluding tert-OH is 1. The molecule has 0 radical (unpaired) electrons. The van der Waals surface area contributed by atoms with E-state index in [2.05, 4.69) is 5.32 Å². The summed E-state index contributed by atoms with van der Waals surface area (Å²) in [5.41, 5.74) is -4.08. The monoisotopic (exact) mass is 321 g/mol. The number of alkyl halides is 3. The van der Waals surface area contributed by atoms with Crippen molar-refractivity contribution >= 4 is 17.7 Å². The number of aliphatic hydroxyl groups is 1. The van der Waals surface area contributed by atoms with Crippen molar-refractivity contribution in [2.75, 3.05) is 6.61 Å². The van der Waals surface area contributed by atoms with Crippen LogP contribution in [0.5, 0.6) is 0 Å². The Bertz CT molecular complexity index is 460. The highest BCUT2D eigenvalue weighted by Gasteiger charge is 2.29. The van der Waals surface area contributed by atoms with E-state index >= 15 is 0 Å². The van der Waals surface area contributed by atoms with Gasteiger partial charge in [-0.25, -0.2) is 0 Å². The summed E-state index contributed by atoms with van der Waals surface area (Å²) >= 11 is -0.224. The second kappa shape index (κ2) is 7.70. The first-order chi connectivity index (χ1) is 9.71. The van der Waals surface area contributed by atoms with E-state index in [4.69, 9.17) is 0 Å². The molecule has 1 aromatic rings. The molecule has 1 atom stereocenters. The molecule has 0 fully saturated rings. The van der Waals surface area contributed by atoms with Crippen LogP contribution in [0.4, 0.5) is 13.2 Å². The van der Waals surface area contributed by atoms with Gasteiger partial charge in [-0.2, -0.15) is 13.2 Å². The van der Waals surface area contributed by atoms with Gasteiger partial charge < -0.3 is 10.4 Å². The first-order valence-electron chi connectivity index (χ1n) is 6.49. The molecule has 21 heavy (non-hydrogen) atoms. The fraction of sp³-hybridized carbons (Fsp3) is 0.500. The molecular formula is C14H18F3NO2S. The predicted octanol–water partition coefficient (Wildman–Crippen LogP) is 3.44. The number of thioether (sulfide) groups is 1. The first-order valence-corrected chi connectivity index (χ1v) is 7.30. The quantitative estimate of drug-likeness (QED) is 0.789. The van der Waals surface area contributed by atoms with Crippen LogP contribution in [0, 0.1) is 5.92 Å². The van der Waals surface area contributed by atoms with Gasteiger partial charge in [-0.1, -0.05) is 13.8 Å². The first kappa shape index (κ1) is 17.8. The van der Waals surface area contributed by atoms with Crippen molar-refractivity contribution in [2.24, 2.45) is 5.92 Å². The SMILES string of the molecule is CC(C)CC(CO)NC(=O)c1ccc(SC(F)(F)F)cc1. The molecule has 118 valence electrons. The van der Waals surface area contributed by atoms with Gasteiger partial charge in [0, 0.05) is 10.5 Å². The van der Waals surface area contributed by atoms with E-state index in [0.29, 0.717) is 12.3 Å². The normalized spacial score (nSPS) is 13.3. The number of carbonyl (C=O) groups is 1. The molecule has 0 aliphatic heterocycles. The van der Waals surface area contributed by atoms with Gasteiger partial charge in [0.2, 0.25) is 0 Å². The topological polar surface area (TPSA) is 49.3 Å². The Morgan fingerprint density at radius 1 is 1.29 bits per heavy atom. The highest BCUT2D eigenvalue weighted by molar-refractivity contribution is 8.00. The molecule has 0 aliphatic carbocycles. The third-order valence-electron chi connectivity index (χ3n) is 2.66. The van der Waals surface area contributed by atoms with Gasteiger partial charge in [-0.3, -0.25) is 4.79 Å². The summed E-state index contributed by atoms with van der Waals surface area (Å²) in [6.07, 6.45) is 0.629. The second-order valence-corrected chi connectivity index (χ2v) is 6.19. The van der Waals surface area contributed by atoms with Crippen molar-refractivity contribution in [1.82, 2.24) is 5.32 Å². The summed E-state index contributed by atoms with van der Waals surface area (Å²) in [6.45, 7) is 3.77. The highest BCUT2D eigenvalue weighted by atomic mass is 32.2. The lowest BCUT2D eigenvalue weighted by molar-refractivity contribution is -0.0328. The highest BCUT2D eigenvalue weighted by Crippen LogP contribution is 2.36. The van der Waals surface area contributed by atoms with Crippen molar-refractivity contribution in [2.45, 2.75) is 36.7 Å². The van der Waals surface area contributed by atoms with Crippen LogP contribution in [-0.2, 0) is 0 Å². The molecule has 0 aliphatic rings. The summed E-state index contributed by atoms with van der Waals surface area (Å²) in [4.78, 5) is 12.0. The Morgan fingerprint density at radius 2 is 1.86 bits per heavy atom. The lowest BCUT2D eigenvalue weighted by atomic mass is 10.0. The Morgan fingerprint density at radius 3 is 2.29 bits per heavy atom. The summed E-state index contributed by atoms with van der Waals surface area (Å²) in [7, 11) is 0. The molecule has 0 saturated carbocycles. The van der Waals surface area contributed by atoms with E-state index in [0.717, 1.165) is 0 Å².